The molecule has 0 aliphatic heterocycles. The molecule has 0 aliphatic rings. The molecule has 1 aromatic rings. The minimum Gasteiger partial charge on any atom is -0.351 e. The van der Waals surface area contributed by atoms with Crippen LogP contribution in [0, 0.1) is 0 Å². The van der Waals surface area contributed by atoms with E-state index in [1.165, 1.54) is 6.20 Å². The summed E-state index contributed by atoms with van der Waals surface area (Å²) in [6.45, 7) is 1.36. The van der Waals surface area contributed by atoms with Crippen LogP contribution in [0.2, 0.25) is 0 Å². The molecular weight excluding hydrogens is 351 g/mol. The van der Waals surface area contributed by atoms with E-state index in [9.17, 15) is 9.59 Å². The number of carbonyl (C=O) groups excluding carboxylic acids is 2. The van der Waals surface area contributed by atoms with Crippen LogP contribution in [-0.2, 0) is 0 Å². The van der Waals surface area contributed by atoms with Gasteiger partial charge < -0.3 is 15.5 Å². The van der Waals surface area contributed by atoms with Crippen LogP contribution < -0.4 is 10.6 Å². The third kappa shape index (κ3) is 5.41. The van der Waals surface area contributed by atoms with Crippen molar-refractivity contribution in [3.63, 3.8) is 0 Å². The average molecular weight is 366 g/mol. The number of anilines is 1. The summed E-state index contributed by atoms with van der Waals surface area (Å²) in [5.74, 6) is 0.260. The van der Waals surface area contributed by atoms with Crippen molar-refractivity contribution in [1.82, 2.24) is 15.2 Å². The van der Waals surface area contributed by atoms with Gasteiger partial charge in [-0.15, -0.1) is 0 Å². The third-order valence-electron chi connectivity index (χ3n) is 2.10. The van der Waals surface area contributed by atoms with Gasteiger partial charge in [0.05, 0.1) is 5.56 Å². The molecule has 6 nitrogen and oxygen atoms in total. The normalized spacial score (nSPS) is 10.2. The summed E-state index contributed by atoms with van der Waals surface area (Å²) in [6, 6.07) is 3.22. The second-order valence-electron chi connectivity index (χ2n) is 3.89. The lowest BCUT2D eigenvalue weighted by atomic mass is 10.2. The van der Waals surface area contributed by atoms with Crippen molar-refractivity contribution in [2.24, 2.45) is 0 Å². The van der Waals surface area contributed by atoms with E-state index in [0.29, 0.717) is 17.9 Å². The maximum atomic E-state index is 11.7. The Morgan fingerprint density at radius 1 is 1.39 bits per heavy atom. The number of aromatic nitrogens is 1. The number of hydrogen-bond acceptors (Lipinski definition) is 4. The molecule has 0 saturated carbocycles. The van der Waals surface area contributed by atoms with E-state index in [0.717, 1.165) is 6.54 Å². The Morgan fingerprint density at radius 2 is 2.11 bits per heavy atom. The zero-order valence-corrected chi connectivity index (χ0v) is 12.4. The maximum absolute atomic E-state index is 11.7. The number of halogens is 1. The Kier molecular flexibility index (Phi) is 5.99. The molecule has 2 amide bonds. The average Bonchev–Trinajstić information content (AvgIpc) is 2.28. The summed E-state index contributed by atoms with van der Waals surface area (Å²) >= 11 is 1.62. The predicted octanol–water partition coefficient (Wildman–Crippen LogP) is 1.34. The molecule has 0 unspecified atom stereocenters. The molecular formula is C11H15IN4O2. The lowest BCUT2D eigenvalue weighted by molar-refractivity contribution is 0.0950. The molecule has 18 heavy (non-hydrogen) atoms. The fourth-order valence-electron chi connectivity index (χ4n) is 1.20. The molecule has 1 heterocycles. The van der Waals surface area contributed by atoms with E-state index in [1.54, 1.807) is 34.7 Å². The monoisotopic (exact) mass is 366 g/mol. The van der Waals surface area contributed by atoms with Gasteiger partial charge in [0, 0.05) is 41.9 Å². The van der Waals surface area contributed by atoms with Crippen LogP contribution in [0.5, 0.6) is 0 Å². The molecule has 1 aromatic heterocycles. The minimum atomic E-state index is -0.219. The van der Waals surface area contributed by atoms with Crippen molar-refractivity contribution in [3.8, 4) is 0 Å². The fraction of sp³-hybridized carbons (Fsp3) is 0.364. The van der Waals surface area contributed by atoms with Crippen molar-refractivity contribution in [2.45, 2.75) is 0 Å². The van der Waals surface area contributed by atoms with Gasteiger partial charge in [0.1, 0.15) is 5.82 Å². The molecule has 0 saturated heterocycles. The molecule has 0 aromatic carbocycles. The zero-order valence-electron chi connectivity index (χ0n) is 10.2. The first-order valence-corrected chi connectivity index (χ1v) is 6.42. The standard InChI is InChI=1S/C11H15IN4O2/c1-16(2)6-5-13-10(17)8-3-4-9(14-7-8)15-11(12)18/h3-4,7H,5-6H2,1-2H3,(H,13,17)(H,14,15,18)/i12+4. The molecule has 2 N–H and O–H groups in total. The zero-order chi connectivity index (χ0) is 13.5. The van der Waals surface area contributed by atoms with Gasteiger partial charge in [-0.05, 0) is 26.2 Å². The largest absolute Gasteiger partial charge is 0.351 e. The van der Waals surface area contributed by atoms with Crippen LogP contribution in [0.1, 0.15) is 10.4 Å². The van der Waals surface area contributed by atoms with Gasteiger partial charge in [0.25, 0.3) is 9.82 Å². The summed E-state index contributed by atoms with van der Waals surface area (Å²) in [7, 11) is 3.88. The quantitative estimate of drug-likeness (QED) is 0.469. The number of likely N-dealkylation sites (N-methyl/N-ethyl adjacent to an activating group) is 1. The second kappa shape index (κ2) is 7.27. The number of nitrogens with zero attached hydrogens (tertiary/aromatic N) is 2. The summed E-state index contributed by atoms with van der Waals surface area (Å²) < 4.78 is -0.219. The van der Waals surface area contributed by atoms with Crippen molar-refractivity contribution < 1.29 is 9.59 Å². The number of hydrogen-bond donors (Lipinski definition) is 2. The molecule has 0 bridgehead atoms. The van der Waals surface area contributed by atoms with Crippen LogP contribution in [-0.4, -0.2) is 46.9 Å². The van der Waals surface area contributed by atoms with Crippen LogP contribution in [0.3, 0.4) is 0 Å². The van der Waals surface area contributed by atoms with Crippen molar-refractivity contribution in [3.05, 3.63) is 23.9 Å². The first kappa shape index (κ1) is 14.8. The van der Waals surface area contributed by atoms with Gasteiger partial charge in [0.15, 0.2) is 0 Å². The van der Waals surface area contributed by atoms with E-state index in [-0.39, 0.29) is 9.82 Å². The van der Waals surface area contributed by atoms with E-state index in [2.05, 4.69) is 15.6 Å². The molecule has 0 spiro atoms. The molecule has 0 aliphatic carbocycles. The SMILES string of the molecule is CN(C)CCNC(=O)c1ccc(NC(=O)[131I])nc1. The molecule has 98 valence electrons. The number of rotatable bonds is 5. The van der Waals surface area contributed by atoms with Crippen molar-refractivity contribution in [2.75, 3.05) is 32.5 Å². The maximum Gasteiger partial charge on any atom is 0.286 e. The molecule has 7 heteroatoms. The van der Waals surface area contributed by atoms with E-state index < -0.39 is 0 Å². The Hall–Kier alpha value is -1.22. The Labute approximate surface area is 119 Å². The van der Waals surface area contributed by atoms with Crippen LogP contribution in [0.25, 0.3) is 0 Å². The lowest BCUT2D eigenvalue weighted by Gasteiger charge is -2.10. The summed E-state index contributed by atoms with van der Waals surface area (Å²) in [6.07, 6.45) is 1.44. The van der Waals surface area contributed by atoms with Crippen molar-refractivity contribution >= 4 is 38.2 Å². The van der Waals surface area contributed by atoms with Crippen LogP contribution in [0.4, 0.5) is 10.6 Å². The lowest BCUT2D eigenvalue weighted by Crippen LogP contribution is -2.31. The Morgan fingerprint density at radius 3 is 2.61 bits per heavy atom. The van der Waals surface area contributed by atoms with Gasteiger partial charge in [0.2, 0.25) is 0 Å². The number of nitrogens with one attached hydrogen (secondary N) is 2. The molecule has 0 atom stereocenters. The summed E-state index contributed by atoms with van der Waals surface area (Å²) in [4.78, 5) is 28.4. The fourth-order valence-corrected chi connectivity index (χ4v) is 1.47. The summed E-state index contributed by atoms with van der Waals surface area (Å²) in [5.41, 5.74) is 0.472. The Balaban J connectivity index is 2.51. The Bertz CT molecular complexity index is 420. The number of pyridine rings is 1. The van der Waals surface area contributed by atoms with Gasteiger partial charge in [-0.1, -0.05) is 0 Å². The van der Waals surface area contributed by atoms with E-state index in [1.807, 2.05) is 19.0 Å². The van der Waals surface area contributed by atoms with Crippen LogP contribution >= 0.6 is 22.6 Å². The first-order valence-electron chi connectivity index (χ1n) is 5.34. The topological polar surface area (TPSA) is 74.3 Å². The predicted molar refractivity (Wildman–Crippen MR) is 78.2 cm³/mol. The van der Waals surface area contributed by atoms with Gasteiger partial charge in [-0.2, -0.15) is 0 Å². The highest BCUT2D eigenvalue weighted by Gasteiger charge is 2.06. The van der Waals surface area contributed by atoms with Crippen molar-refractivity contribution in [1.29, 1.82) is 0 Å². The van der Waals surface area contributed by atoms with E-state index >= 15 is 0 Å². The smallest absolute Gasteiger partial charge is 0.286 e. The van der Waals surface area contributed by atoms with Gasteiger partial charge in [-0.3, -0.25) is 9.59 Å². The first-order chi connectivity index (χ1) is 8.49. The molecule has 1 rings (SSSR count). The molecule has 0 fully saturated rings. The highest BCUT2D eigenvalue weighted by atomic mass is 131. The molecule has 0 radical (unpaired) electrons. The number of amides is 2. The third-order valence-corrected chi connectivity index (χ3v) is 2.37. The van der Waals surface area contributed by atoms with Crippen LogP contribution in [0.15, 0.2) is 18.3 Å². The highest BCUT2D eigenvalue weighted by Crippen LogP contribution is 2.06. The highest BCUT2D eigenvalue weighted by molar-refractivity contribution is 14.1. The van der Waals surface area contributed by atoms with Gasteiger partial charge in [-0.25, -0.2) is 4.98 Å². The van der Waals surface area contributed by atoms with Gasteiger partial charge >= 0.3 is 0 Å². The minimum absolute atomic E-state index is 0.170. The summed E-state index contributed by atoms with van der Waals surface area (Å²) in [5, 5.41) is 5.31. The number of carbonyl (C=O) groups is 2. The second-order valence-corrected chi connectivity index (χ2v) is 4.87. The van der Waals surface area contributed by atoms with E-state index in [4.69, 9.17) is 0 Å².